The SMILES string of the molecule is COCCN(C)c1cc(C)nc(C2CCCN(C)C2)n1. The van der Waals surface area contributed by atoms with Crippen molar-refractivity contribution in [2.45, 2.75) is 25.7 Å². The average Bonchev–Trinajstić information content (AvgIpc) is 2.44. The Morgan fingerprint density at radius 2 is 2.25 bits per heavy atom. The molecule has 20 heavy (non-hydrogen) atoms. The molecule has 0 saturated carbocycles. The Kier molecular flexibility index (Phi) is 5.31. The van der Waals surface area contributed by atoms with Gasteiger partial charge in [0, 0.05) is 44.9 Å². The first-order valence-corrected chi connectivity index (χ1v) is 7.34. The molecule has 0 radical (unpaired) electrons. The largest absolute Gasteiger partial charge is 0.383 e. The Morgan fingerprint density at radius 1 is 1.45 bits per heavy atom. The van der Waals surface area contributed by atoms with Crippen LogP contribution in [-0.2, 0) is 4.74 Å². The van der Waals surface area contributed by atoms with Crippen LogP contribution in [0, 0.1) is 6.92 Å². The molecule has 0 amide bonds. The molecule has 1 aromatic rings. The van der Waals surface area contributed by atoms with Crippen LogP contribution in [0.2, 0.25) is 0 Å². The minimum Gasteiger partial charge on any atom is -0.383 e. The van der Waals surface area contributed by atoms with Crippen molar-refractivity contribution in [3.63, 3.8) is 0 Å². The smallest absolute Gasteiger partial charge is 0.135 e. The molecule has 5 heteroatoms. The number of rotatable bonds is 5. The van der Waals surface area contributed by atoms with Crippen molar-refractivity contribution >= 4 is 5.82 Å². The van der Waals surface area contributed by atoms with E-state index < -0.39 is 0 Å². The van der Waals surface area contributed by atoms with Crippen LogP contribution in [0.5, 0.6) is 0 Å². The fraction of sp³-hybridized carbons (Fsp3) is 0.733. The summed E-state index contributed by atoms with van der Waals surface area (Å²) < 4.78 is 5.13. The fourth-order valence-corrected chi connectivity index (χ4v) is 2.67. The molecule has 112 valence electrons. The molecule has 0 bridgehead atoms. The molecular weight excluding hydrogens is 252 g/mol. The van der Waals surface area contributed by atoms with Crippen molar-refractivity contribution in [3.8, 4) is 0 Å². The number of anilines is 1. The Labute approximate surface area is 122 Å². The van der Waals surface area contributed by atoms with Crippen LogP contribution in [0.15, 0.2) is 6.07 Å². The molecule has 1 atom stereocenters. The zero-order valence-corrected chi connectivity index (χ0v) is 13.1. The third-order valence-corrected chi connectivity index (χ3v) is 3.87. The van der Waals surface area contributed by atoms with Gasteiger partial charge in [-0.15, -0.1) is 0 Å². The molecule has 0 aliphatic carbocycles. The summed E-state index contributed by atoms with van der Waals surface area (Å²) in [4.78, 5) is 13.9. The van der Waals surface area contributed by atoms with Crippen molar-refractivity contribution in [2.75, 3.05) is 52.3 Å². The minimum absolute atomic E-state index is 0.461. The third kappa shape index (κ3) is 3.90. The first-order valence-electron chi connectivity index (χ1n) is 7.34. The molecule has 1 saturated heterocycles. The lowest BCUT2D eigenvalue weighted by molar-refractivity contribution is 0.206. The number of piperidine rings is 1. The third-order valence-electron chi connectivity index (χ3n) is 3.87. The van der Waals surface area contributed by atoms with Gasteiger partial charge in [-0.25, -0.2) is 9.97 Å². The van der Waals surface area contributed by atoms with Gasteiger partial charge in [-0.05, 0) is 33.4 Å². The van der Waals surface area contributed by atoms with Crippen LogP contribution in [-0.4, -0.2) is 62.3 Å². The van der Waals surface area contributed by atoms with E-state index >= 15 is 0 Å². The van der Waals surface area contributed by atoms with Crippen LogP contribution < -0.4 is 4.90 Å². The van der Waals surface area contributed by atoms with Crippen LogP contribution in [0.4, 0.5) is 5.82 Å². The van der Waals surface area contributed by atoms with Crippen molar-refractivity contribution in [1.82, 2.24) is 14.9 Å². The Bertz CT molecular complexity index is 438. The standard InChI is InChI=1S/C15H26N4O/c1-12-10-14(19(3)8-9-20-4)17-15(16-12)13-6-5-7-18(2)11-13/h10,13H,5-9,11H2,1-4H3. The number of ether oxygens (including phenoxy) is 1. The number of likely N-dealkylation sites (N-methyl/N-ethyl adjacent to an activating group) is 2. The van der Waals surface area contributed by atoms with Gasteiger partial charge in [0.25, 0.3) is 0 Å². The maximum Gasteiger partial charge on any atom is 0.135 e. The molecule has 1 aliphatic rings. The van der Waals surface area contributed by atoms with Gasteiger partial charge in [-0.3, -0.25) is 0 Å². The highest BCUT2D eigenvalue weighted by atomic mass is 16.5. The first-order chi connectivity index (χ1) is 9.60. The number of methoxy groups -OCH3 is 1. The van der Waals surface area contributed by atoms with E-state index in [1.807, 2.05) is 13.0 Å². The summed E-state index contributed by atoms with van der Waals surface area (Å²) in [6, 6.07) is 2.05. The topological polar surface area (TPSA) is 41.5 Å². The number of hydrogen-bond donors (Lipinski definition) is 0. The highest BCUT2D eigenvalue weighted by molar-refractivity contribution is 5.39. The maximum atomic E-state index is 5.13. The molecule has 2 heterocycles. The molecule has 0 aromatic carbocycles. The molecule has 1 fully saturated rings. The number of nitrogens with zero attached hydrogens (tertiary/aromatic N) is 4. The number of hydrogen-bond acceptors (Lipinski definition) is 5. The van der Waals surface area contributed by atoms with Gasteiger partial charge in [-0.2, -0.15) is 0 Å². The molecule has 0 spiro atoms. The predicted octanol–water partition coefficient (Wildman–Crippen LogP) is 1.68. The summed E-state index contributed by atoms with van der Waals surface area (Å²) in [5.41, 5.74) is 1.04. The van der Waals surface area contributed by atoms with E-state index in [0.717, 1.165) is 30.4 Å². The second-order valence-electron chi connectivity index (χ2n) is 5.74. The molecule has 5 nitrogen and oxygen atoms in total. The van der Waals surface area contributed by atoms with E-state index in [0.29, 0.717) is 12.5 Å². The summed E-state index contributed by atoms with van der Waals surface area (Å²) >= 11 is 0. The lowest BCUT2D eigenvalue weighted by atomic mass is 9.97. The van der Waals surface area contributed by atoms with Crippen molar-refractivity contribution in [2.24, 2.45) is 0 Å². The summed E-state index contributed by atoms with van der Waals surface area (Å²) in [5.74, 6) is 2.46. The van der Waals surface area contributed by atoms with Crippen LogP contribution in [0.3, 0.4) is 0 Å². The second kappa shape index (κ2) is 6.99. The van der Waals surface area contributed by atoms with Gasteiger partial charge in [0.2, 0.25) is 0 Å². The molecule has 2 rings (SSSR count). The number of aromatic nitrogens is 2. The van der Waals surface area contributed by atoms with Crippen LogP contribution >= 0.6 is 0 Å². The number of likely N-dealkylation sites (tertiary alicyclic amines) is 1. The van der Waals surface area contributed by atoms with Gasteiger partial charge in [0.05, 0.1) is 6.61 Å². The first kappa shape index (κ1) is 15.2. The second-order valence-corrected chi connectivity index (χ2v) is 5.74. The van der Waals surface area contributed by atoms with Crippen LogP contribution in [0.1, 0.15) is 30.3 Å². The molecule has 1 unspecified atom stereocenters. The Hall–Kier alpha value is -1.20. The van der Waals surface area contributed by atoms with Gasteiger partial charge in [0.1, 0.15) is 11.6 Å². The zero-order chi connectivity index (χ0) is 14.5. The summed E-state index contributed by atoms with van der Waals surface area (Å²) in [7, 11) is 5.95. The monoisotopic (exact) mass is 278 g/mol. The molecular formula is C15H26N4O. The van der Waals surface area contributed by atoms with Gasteiger partial charge in [-0.1, -0.05) is 0 Å². The van der Waals surface area contributed by atoms with Crippen LogP contribution in [0.25, 0.3) is 0 Å². The predicted molar refractivity (Wildman–Crippen MR) is 81.4 cm³/mol. The van der Waals surface area contributed by atoms with Crippen molar-refractivity contribution in [1.29, 1.82) is 0 Å². The minimum atomic E-state index is 0.461. The fourth-order valence-electron chi connectivity index (χ4n) is 2.67. The molecule has 0 N–H and O–H groups in total. The quantitative estimate of drug-likeness (QED) is 0.819. The highest BCUT2D eigenvalue weighted by Gasteiger charge is 2.22. The Morgan fingerprint density at radius 3 is 2.95 bits per heavy atom. The van der Waals surface area contributed by atoms with Gasteiger partial charge in [0.15, 0.2) is 0 Å². The zero-order valence-electron chi connectivity index (χ0n) is 13.1. The van der Waals surface area contributed by atoms with Gasteiger partial charge < -0.3 is 14.5 Å². The van der Waals surface area contributed by atoms with E-state index in [-0.39, 0.29) is 0 Å². The van der Waals surface area contributed by atoms with E-state index in [1.165, 1.54) is 19.4 Å². The number of aryl methyl sites for hydroxylation is 1. The lowest BCUT2D eigenvalue weighted by Crippen LogP contribution is -2.32. The summed E-state index contributed by atoms with van der Waals surface area (Å²) in [6.07, 6.45) is 2.42. The lowest BCUT2D eigenvalue weighted by Gasteiger charge is -2.29. The normalized spacial score (nSPS) is 20.1. The maximum absolute atomic E-state index is 5.13. The summed E-state index contributed by atoms with van der Waals surface area (Å²) in [6.45, 7) is 5.84. The molecule has 1 aliphatic heterocycles. The molecule has 1 aromatic heterocycles. The Balaban J connectivity index is 2.15. The average molecular weight is 278 g/mol. The van der Waals surface area contributed by atoms with E-state index in [1.54, 1.807) is 7.11 Å². The summed E-state index contributed by atoms with van der Waals surface area (Å²) in [5, 5.41) is 0. The van der Waals surface area contributed by atoms with Crippen molar-refractivity contribution < 1.29 is 4.74 Å². The van der Waals surface area contributed by atoms with E-state index in [9.17, 15) is 0 Å². The highest BCUT2D eigenvalue weighted by Crippen LogP contribution is 2.25. The van der Waals surface area contributed by atoms with E-state index in [4.69, 9.17) is 9.72 Å². The van der Waals surface area contributed by atoms with E-state index in [2.05, 4.69) is 28.9 Å². The van der Waals surface area contributed by atoms with Gasteiger partial charge >= 0.3 is 0 Å². The van der Waals surface area contributed by atoms with Crippen molar-refractivity contribution in [3.05, 3.63) is 17.6 Å².